The van der Waals surface area contributed by atoms with Gasteiger partial charge in [0.25, 0.3) is 5.69 Å². The lowest BCUT2D eigenvalue weighted by atomic mass is 10.1. The first-order valence-corrected chi connectivity index (χ1v) is 3.81. The monoisotopic (exact) mass is 213 g/mol. The molecule has 8 heteroatoms. The van der Waals surface area contributed by atoms with Crippen molar-refractivity contribution in [3.8, 4) is 0 Å². The molecule has 0 aromatic heterocycles. The molecule has 80 valence electrons. The Morgan fingerprint density at radius 3 is 2.27 bits per heavy atom. The van der Waals surface area contributed by atoms with Crippen LogP contribution >= 0.6 is 0 Å². The topological polar surface area (TPSA) is 119 Å². The number of rotatable bonds is 3. The van der Waals surface area contributed by atoms with Crippen LogP contribution in [-0.2, 0) is 0 Å². The van der Waals surface area contributed by atoms with Gasteiger partial charge in [0.15, 0.2) is 0 Å². The molecule has 0 heterocycles. The van der Waals surface area contributed by atoms with Gasteiger partial charge in [-0.15, -0.1) is 0 Å². The van der Waals surface area contributed by atoms with Crippen molar-refractivity contribution in [2.45, 2.75) is 6.92 Å². The Kier molecular flexibility index (Phi) is 2.81. The number of nitrogens with zero attached hydrogens (tertiary/aromatic N) is 2. The highest BCUT2D eigenvalue weighted by atomic mass is 16.6. The minimum Gasteiger partial charge on any atom is -0.291 e. The molecule has 2 N–H and O–H groups in total. The number of benzene rings is 1. The fraction of sp³-hybridized carbons (Fsp3) is 0.143. The van der Waals surface area contributed by atoms with Gasteiger partial charge in [-0.2, -0.15) is 0 Å². The molecule has 0 aliphatic carbocycles. The predicted octanol–water partition coefficient (Wildman–Crippen LogP) is 1.61. The lowest BCUT2D eigenvalue weighted by Crippen LogP contribution is -2.01. The fourth-order valence-electron chi connectivity index (χ4n) is 1.14. The van der Waals surface area contributed by atoms with E-state index in [1.54, 1.807) is 5.48 Å². The quantitative estimate of drug-likeness (QED) is 0.581. The lowest BCUT2D eigenvalue weighted by molar-refractivity contribution is -0.393. The molecular formula is C7H7N3O5. The summed E-state index contributed by atoms with van der Waals surface area (Å²) in [6.45, 7) is 1.42. The third-order valence-corrected chi connectivity index (χ3v) is 1.82. The van der Waals surface area contributed by atoms with Crippen LogP contribution in [-0.4, -0.2) is 15.1 Å². The number of hydrogen-bond acceptors (Lipinski definition) is 6. The molecule has 0 saturated heterocycles. The van der Waals surface area contributed by atoms with Gasteiger partial charge >= 0.3 is 5.69 Å². The largest absolute Gasteiger partial charge is 0.301 e. The molecule has 0 saturated carbocycles. The highest BCUT2D eigenvalue weighted by Crippen LogP contribution is 2.32. The van der Waals surface area contributed by atoms with Gasteiger partial charge in [-0.25, -0.2) is 0 Å². The first kappa shape index (κ1) is 10.9. The second-order valence-electron chi connectivity index (χ2n) is 2.78. The van der Waals surface area contributed by atoms with Crippen molar-refractivity contribution in [3.05, 3.63) is 37.9 Å². The Morgan fingerprint density at radius 2 is 1.87 bits per heavy atom. The maximum Gasteiger partial charge on any atom is 0.301 e. The molecule has 0 amide bonds. The summed E-state index contributed by atoms with van der Waals surface area (Å²) in [6, 6.07) is 1.91. The summed E-state index contributed by atoms with van der Waals surface area (Å²) in [6.07, 6.45) is 0. The van der Waals surface area contributed by atoms with Crippen molar-refractivity contribution in [2.75, 3.05) is 5.48 Å². The van der Waals surface area contributed by atoms with Gasteiger partial charge in [0.1, 0.15) is 5.69 Å². The van der Waals surface area contributed by atoms with Crippen LogP contribution in [0.5, 0.6) is 0 Å². The van der Waals surface area contributed by atoms with Gasteiger partial charge in [-0.3, -0.25) is 30.9 Å². The average molecular weight is 213 g/mol. The van der Waals surface area contributed by atoms with E-state index in [0.29, 0.717) is 0 Å². The van der Waals surface area contributed by atoms with E-state index in [4.69, 9.17) is 5.21 Å². The van der Waals surface area contributed by atoms with Gasteiger partial charge in [0, 0.05) is 6.07 Å². The maximum absolute atomic E-state index is 10.5. The molecule has 1 rings (SSSR count). The summed E-state index contributed by atoms with van der Waals surface area (Å²) in [5.74, 6) is 0. The SMILES string of the molecule is Cc1cc([N+](=O)[O-])cc([N+](=O)[O-])c1NO. The van der Waals surface area contributed by atoms with Gasteiger partial charge in [-0.05, 0) is 12.5 Å². The zero-order chi connectivity index (χ0) is 11.6. The maximum atomic E-state index is 10.5. The Hall–Kier alpha value is -2.22. The Balaban J connectivity index is 3.45. The number of non-ortho nitro benzene ring substituents is 1. The Labute approximate surface area is 83.4 Å². The number of nitrogens with one attached hydrogen (secondary N) is 1. The molecule has 15 heavy (non-hydrogen) atoms. The normalized spacial score (nSPS) is 9.73. The predicted molar refractivity (Wildman–Crippen MR) is 49.9 cm³/mol. The summed E-state index contributed by atoms with van der Waals surface area (Å²) in [5.41, 5.74) is 0.792. The third kappa shape index (κ3) is 1.99. The highest BCUT2D eigenvalue weighted by molar-refractivity contribution is 5.68. The van der Waals surface area contributed by atoms with Crippen LogP contribution in [0.3, 0.4) is 0 Å². The zero-order valence-corrected chi connectivity index (χ0v) is 7.63. The van der Waals surface area contributed by atoms with Crippen LogP contribution in [0.4, 0.5) is 17.1 Å². The minimum atomic E-state index is -0.807. The van der Waals surface area contributed by atoms with Crippen molar-refractivity contribution < 1.29 is 15.1 Å². The molecule has 0 spiro atoms. The van der Waals surface area contributed by atoms with E-state index in [9.17, 15) is 20.2 Å². The van der Waals surface area contributed by atoms with Crippen molar-refractivity contribution in [2.24, 2.45) is 0 Å². The van der Waals surface area contributed by atoms with Crippen LogP contribution in [0.1, 0.15) is 5.56 Å². The number of aryl methyl sites for hydroxylation is 1. The van der Waals surface area contributed by atoms with Crippen molar-refractivity contribution in [3.63, 3.8) is 0 Å². The molecule has 8 nitrogen and oxygen atoms in total. The van der Waals surface area contributed by atoms with Gasteiger partial charge < -0.3 is 0 Å². The van der Waals surface area contributed by atoms with E-state index in [2.05, 4.69) is 0 Å². The van der Waals surface area contributed by atoms with Crippen molar-refractivity contribution in [1.82, 2.24) is 0 Å². The van der Waals surface area contributed by atoms with E-state index >= 15 is 0 Å². The van der Waals surface area contributed by atoms with Crippen molar-refractivity contribution >= 4 is 17.1 Å². The van der Waals surface area contributed by atoms with Gasteiger partial charge in [0.2, 0.25) is 0 Å². The van der Waals surface area contributed by atoms with E-state index in [1.807, 2.05) is 0 Å². The molecule has 1 aromatic carbocycles. The number of hydrogen-bond donors (Lipinski definition) is 2. The molecular weight excluding hydrogens is 206 g/mol. The van der Waals surface area contributed by atoms with E-state index in [1.165, 1.54) is 6.92 Å². The molecule has 0 atom stereocenters. The lowest BCUT2D eigenvalue weighted by Gasteiger charge is -2.04. The first-order chi connectivity index (χ1) is 6.97. The number of nitro benzene ring substituents is 2. The third-order valence-electron chi connectivity index (χ3n) is 1.82. The first-order valence-electron chi connectivity index (χ1n) is 3.81. The molecule has 0 fully saturated rings. The fourth-order valence-corrected chi connectivity index (χ4v) is 1.14. The van der Waals surface area contributed by atoms with Crippen LogP contribution in [0, 0.1) is 27.2 Å². The standard InChI is InChI=1S/C7H7N3O5/c1-4-2-5(9(12)13)3-6(10(14)15)7(4)8-11/h2-3,8,11H,1H3. The summed E-state index contributed by atoms with van der Waals surface area (Å²) >= 11 is 0. The molecule has 1 aromatic rings. The summed E-state index contributed by atoms with van der Waals surface area (Å²) < 4.78 is 0. The summed E-state index contributed by atoms with van der Waals surface area (Å²) in [7, 11) is 0. The molecule has 0 radical (unpaired) electrons. The summed E-state index contributed by atoms with van der Waals surface area (Å²) in [4.78, 5) is 19.4. The number of nitro groups is 2. The molecule has 0 bridgehead atoms. The Bertz CT molecular complexity index is 431. The van der Waals surface area contributed by atoms with E-state index < -0.39 is 21.2 Å². The van der Waals surface area contributed by atoms with Crippen LogP contribution < -0.4 is 5.48 Å². The Morgan fingerprint density at radius 1 is 1.27 bits per heavy atom. The molecule has 0 unspecified atom stereocenters. The smallest absolute Gasteiger partial charge is 0.291 e. The van der Waals surface area contributed by atoms with E-state index in [-0.39, 0.29) is 11.3 Å². The highest BCUT2D eigenvalue weighted by Gasteiger charge is 2.21. The average Bonchev–Trinajstić information content (AvgIpc) is 2.16. The van der Waals surface area contributed by atoms with Crippen LogP contribution in [0.2, 0.25) is 0 Å². The van der Waals surface area contributed by atoms with Crippen LogP contribution in [0.15, 0.2) is 12.1 Å². The molecule has 0 aliphatic rings. The zero-order valence-electron chi connectivity index (χ0n) is 7.63. The van der Waals surface area contributed by atoms with E-state index in [0.717, 1.165) is 12.1 Å². The van der Waals surface area contributed by atoms with Crippen LogP contribution in [0.25, 0.3) is 0 Å². The summed E-state index contributed by atoms with van der Waals surface area (Å²) in [5, 5.41) is 29.6. The van der Waals surface area contributed by atoms with Gasteiger partial charge in [0.05, 0.1) is 15.9 Å². The second kappa shape index (κ2) is 3.88. The molecule has 0 aliphatic heterocycles. The number of anilines is 1. The minimum absolute atomic E-state index is 0.148. The van der Waals surface area contributed by atoms with Gasteiger partial charge in [-0.1, -0.05) is 0 Å². The second-order valence-corrected chi connectivity index (χ2v) is 2.78. The van der Waals surface area contributed by atoms with Crippen molar-refractivity contribution in [1.29, 1.82) is 0 Å².